The molecule has 0 aromatic carbocycles. The third-order valence-corrected chi connectivity index (χ3v) is 2.61. The maximum atomic E-state index is 11.8. The number of amides is 1. The van der Waals surface area contributed by atoms with E-state index in [0.717, 1.165) is 30.7 Å². The Labute approximate surface area is 91.4 Å². The van der Waals surface area contributed by atoms with Crippen LogP contribution in [0.25, 0.3) is 0 Å². The lowest BCUT2D eigenvalue weighted by Crippen LogP contribution is -2.26. The number of carbonyl (C=O) groups is 1. The van der Waals surface area contributed by atoms with E-state index in [2.05, 4.69) is 0 Å². The molecule has 15 heavy (non-hydrogen) atoms. The van der Waals surface area contributed by atoms with E-state index < -0.39 is 0 Å². The number of hydrogen-bond acceptors (Lipinski definition) is 2. The molecule has 0 aromatic heterocycles. The standard InChI is InChI=1S/C12H19NO2/c1-4-11-10(7-6-8-15-3)9-13(5-2)12(11)14/h6-7H,4-5,8-9H2,1-3H3/b7-6-. The minimum absolute atomic E-state index is 0.192. The lowest BCUT2D eigenvalue weighted by Gasteiger charge is -2.12. The molecule has 3 heteroatoms. The minimum Gasteiger partial charge on any atom is -0.381 e. The third-order valence-electron chi connectivity index (χ3n) is 2.61. The summed E-state index contributed by atoms with van der Waals surface area (Å²) >= 11 is 0. The second-order valence-corrected chi connectivity index (χ2v) is 3.53. The molecule has 0 fully saturated rings. The Kier molecular flexibility index (Phi) is 4.56. The molecule has 0 spiro atoms. The van der Waals surface area contributed by atoms with E-state index in [-0.39, 0.29) is 5.91 Å². The van der Waals surface area contributed by atoms with Crippen molar-refractivity contribution in [3.05, 3.63) is 23.3 Å². The van der Waals surface area contributed by atoms with Crippen molar-refractivity contribution < 1.29 is 9.53 Å². The van der Waals surface area contributed by atoms with Crippen LogP contribution in [0, 0.1) is 0 Å². The van der Waals surface area contributed by atoms with Gasteiger partial charge in [0, 0.05) is 25.8 Å². The number of rotatable bonds is 5. The number of nitrogens with zero attached hydrogens (tertiary/aromatic N) is 1. The molecular formula is C12H19NO2. The van der Waals surface area contributed by atoms with Gasteiger partial charge in [0.05, 0.1) is 6.61 Å². The van der Waals surface area contributed by atoms with Crippen LogP contribution in [0.3, 0.4) is 0 Å². The van der Waals surface area contributed by atoms with Crippen LogP contribution in [0.5, 0.6) is 0 Å². The van der Waals surface area contributed by atoms with Crippen LogP contribution in [0.1, 0.15) is 20.3 Å². The predicted molar refractivity (Wildman–Crippen MR) is 60.6 cm³/mol. The van der Waals surface area contributed by atoms with E-state index in [4.69, 9.17) is 4.74 Å². The van der Waals surface area contributed by atoms with Crippen molar-refractivity contribution in [2.24, 2.45) is 0 Å². The first kappa shape index (κ1) is 12.0. The zero-order chi connectivity index (χ0) is 11.3. The van der Waals surface area contributed by atoms with Gasteiger partial charge in [-0.3, -0.25) is 4.79 Å². The third kappa shape index (κ3) is 2.69. The van der Waals surface area contributed by atoms with Crippen LogP contribution in [0.2, 0.25) is 0 Å². The van der Waals surface area contributed by atoms with Crippen molar-refractivity contribution in [1.29, 1.82) is 0 Å². The number of hydrogen-bond donors (Lipinski definition) is 0. The van der Waals surface area contributed by atoms with Crippen molar-refractivity contribution in [1.82, 2.24) is 4.90 Å². The molecule has 1 heterocycles. The summed E-state index contributed by atoms with van der Waals surface area (Å²) in [7, 11) is 1.66. The van der Waals surface area contributed by atoms with Crippen LogP contribution in [-0.4, -0.2) is 37.6 Å². The van der Waals surface area contributed by atoms with Gasteiger partial charge in [-0.15, -0.1) is 0 Å². The van der Waals surface area contributed by atoms with Crippen LogP contribution in [-0.2, 0) is 9.53 Å². The number of ether oxygens (including phenoxy) is 1. The van der Waals surface area contributed by atoms with E-state index in [0.29, 0.717) is 6.61 Å². The van der Waals surface area contributed by atoms with Crippen molar-refractivity contribution in [2.75, 3.05) is 26.8 Å². The highest BCUT2D eigenvalue weighted by Gasteiger charge is 2.25. The molecule has 0 radical (unpaired) electrons. The van der Waals surface area contributed by atoms with Crippen LogP contribution in [0.4, 0.5) is 0 Å². The summed E-state index contributed by atoms with van der Waals surface area (Å²) < 4.78 is 4.94. The summed E-state index contributed by atoms with van der Waals surface area (Å²) in [5, 5.41) is 0. The first-order chi connectivity index (χ1) is 7.24. The Morgan fingerprint density at radius 2 is 2.20 bits per heavy atom. The fourth-order valence-electron chi connectivity index (χ4n) is 1.77. The molecule has 0 atom stereocenters. The van der Waals surface area contributed by atoms with Crippen LogP contribution < -0.4 is 0 Å². The van der Waals surface area contributed by atoms with Gasteiger partial charge in [-0.05, 0) is 18.9 Å². The summed E-state index contributed by atoms with van der Waals surface area (Å²) in [6, 6.07) is 0. The van der Waals surface area contributed by atoms with E-state index >= 15 is 0 Å². The van der Waals surface area contributed by atoms with Gasteiger partial charge < -0.3 is 9.64 Å². The monoisotopic (exact) mass is 209 g/mol. The Morgan fingerprint density at radius 3 is 2.73 bits per heavy atom. The van der Waals surface area contributed by atoms with Gasteiger partial charge in [0.25, 0.3) is 0 Å². The molecule has 1 amide bonds. The average molecular weight is 209 g/mol. The molecule has 0 aromatic rings. The molecule has 0 unspecified atom stereocenters. The van der Waals surface area contributed by atoms with Crippen LogP contribution in [0.15, 0.2) is 23.3 Å². The zero-order valence-electron chi connectivity index (χ0n) is 9.75. The van der Waals surface area contributed by atoms with Gasteiger partial charge >= 0.3 is 0 Å². The van der Waals surface area contributed by atoms with Crippen molar-refractivity contribution >= 4 is 5.91 Å². The first-order valence-electron chi connectivity index (χ1n) is 5.41. The predicted octanol–water partition coefficient (Wildman–Crippen LogP) is 1.76. The van der Waals surface area contributed by atoms with Crippen molar-refractivity contribution in [3.8, 4) is 0 Å². The quantitative estimate of drug-likeness (QED) is 0.690. The Morgan fingerprint density at radius 1 is 1.47 bits per heavy atom. The van der Waals surface area contributed by atoms with Gasteiger partial charge in [0.2, 0.25) is 5.91 Å². The molecule has 0 saturated carbocycles. The fraction of sp³-hybridized carbons (Fsp3) is 0.583. The van der Waals surface area contributed by atoms with Gasteiger partial charge in [-0.1, -0.05) is 19.1 Å². The Balaban J connectivity index is 2.76. The maximum Gasteiger partial charge on any atom is 0.250 e. The van der Waals surface area contributed by atoms with Gasteiger partial charge in [0.15, 0.2) is 0 Å². The topological polar surface area (TPSA) is 29.5 Å². The minimum atomic E-state index is 0.192. The van der Waals surface area contributed by atoms with E-state index in [1.54, 1.807) is 7.11 Å². The van der Waals surface area contributed by atoms with E-state index in [1.807, 2.05) is 30.9 Å². The second kappa shape index (κ2) is 5.71. The molecule has 1 aliphatic heterocycles. The lowest BCUT2D eigenvalue weighted by molar-refractivity contribution is -0.125. The summed E-state index contributed by atoms with van der Waals surface area (Å²) in [6.45, 7) is 6.16. The summed E-state index contributed by atoms with van der Waals surface area (Å²) in [5.41, 5.74) is 2.09. The Hall–Kier alpha value is -1.09. The highest BCUT2D eigenvalue weighted by atomic mass is 16.5. The smallest absolute Gasteiger partial charge is 0.250 e. The fourth-order valence-corrected chi connectivity index (χ4v) is 1.77. The SMILES string of the molecule is CCC1=C(/C=C\COC)CN(CC)C1=O. The average Bonchev–Trinajstić information content (AvgIpc) is 2.55. The zero-order valence-corrected chi connectivity index (χ0v) is 9.75. The summed E-state index contributed by atoms with van der Waals surface area (Å²) in [4.78, 5) is 13.7. The largest absolute Gasteiger partial charge is 0.381 e. The molecule has 0 saturated heterocycles. The maximum absolute atomic E-state index is 11.8. The molecule has 0 bridgehead atoms. The van der Waals surface area contributed by atoms with E-state index in [1.165, 1.54) is 0 Å². The van der Waals surface area contributed by atoms with Crippen LogP contribution >= 0.6 is 0 Å². The molecule has 3 nitrogen and oxygen atoms in total. The van der Waals surface area contributed by atoms with Gasteiger partial charge in [-0.2, -0.15) is 0 Å². The molecular weight excluding hydrogens is 190 g/mol. The Bertz CT molecular complexity index is 292. The van der Waals surface area contributed by atoms with E-state index in [9.17, 15) is 4.79 Å². The first-order valence-corrected chi connectivity index (χ1v) is 5.41. The molecule has 1 aliphatic rings. The highest BCUT2D eigenvalue weighted by molar-refractivity contribution is 5.97. The summed E-state index contributed by atoms with van der Waals surface area (Å²) in [5.74, 6) is 0.192. The molecule has 1 rings (SSSR count). The number of methoxy groups -OCH3 is 1. The van der Waals surface area contributed by atoms with Crippen molar-refractivity contribution in [3.63, 3.8) is 0 Å². The normalized spacial score (nSPS) is 17.3. The van der Waals surface area contributed by atoms with Crippen molar-refractivity contribution in [2.45, 2.75) is 20.3 Å². The molecule has 0 aliphatic carbocycles. The number of likely N-dealkylation sites (N-methyl/N-ethyl adjacent to an activating group) is 1. The second-order valence-electron chi connectivity index (χ2n) is 3.53. The lowest BCUT2D eigenvalue weighted by atomic mass is 10.1. The summed E-state index contributed by atoms with van der Waals surface area (Å²) in [6.07, 6.45) is 4.77. The molecule has 0 N–H and O–H groups in total. The van der Waals surface area contributed by atoms with Gasteiger partial charge in [-0.25, -0.2) is 0 Å². The number of carbonyl (C=O) groups excluding carboxylic acids is 1. The molecule has 84 valence electrons. The van der Waals surface area contributed by atoms with Gasteiger partial charge in [0.1, 0.15) is 0 Å². The highest BCUT2D eigenvalue weighted by Crippen LogP contribution is 2.22.